The Labute approximate surface area is 444 Å². The molecule has 0 spiro atoms. The fourth-order valence-electron chi connectivity index (χ4n) is 12.4. The van der Waals surface area contributed by atoms with E-state index in [0.29, 0.717) is 0 Å². The molecule has 13 aromatic rings. The molecule has 0 N–H and O–H groups in total. The van der Waals surface area contributed by atoms with E-state index in [4.69, 9.17) is 0 Å². The van der Waals surface area contributed by atoms with Gasteiger partial charge in [-0.3, -0.25) is 0 Å². The van der Waals surface area contributed by atoms with Crippen LogP contribution in [0.25, 0.3) is 88.3 Å². The highest BCUT2D eigenvalue weighted by Crippen LogP contribution is 2.58. The van der Waals surface area contributed by atoms with Gasteiger partial charge in [0.1, 0.15) is 0 Å². The van der Waals surface area contributed by atoms with E-state index in [2.05, 4.69) is 314 Å². The molecule has 0 unspecified atom stereocenters. The molecule has 13 aromatic carbocycles. The third kappa shape index (κ3) is 7.47. The second-order valence-electron chi connectivity index (χ2n) is 19.9. The minimum absolute atomic E-state index is 0.598. The predicted molar refractivity (Wildman–Crippen MR) is 321 cm³/mol. The predicted octanol–water partition coefficient (Wildman–Crippen LogP) is 20.2. The maximum atomic E-state index is 2.58. The van der Waals surface area contributed by atoms with Crippen LogP contribution in [-0.4, -0.2) is 0 Å². The first-order valence-electron chi connectivity index (χ1n) is 26.3. The Bertz CT molecular complexity index is 4200. The van der Waals surface area contributed by atoms with Gasteiger partial charge in [-0.15, -0.1) is 0 Å². The second kappa shape index (κ2) is 18.9. The molecule has 0 bridgehead atoms. The van der Waals surface area contributed by atoms with Gasteiger partial charge in [-0.2, -0.15) is 0 Å². The first-order chi connectivity index (χ1) is 37.7. The molecule has 0 saturated carbocycles. The van der Waals surface area contributed by atoms with E-state index in [1.807, 2.05) is 0 Å². The number of fused-ring (bicyclic) bond motifs is 6. The van der Waals surface area contributed by atoms with Gasteiger partial charge in [0.05, 0.1) is 11.1 Å². The van der Waals surface area contributed by atoms with Crippen molar-refractivity contribution in [1.82, 2.24) is 0 Å². The third-order valence-corrected chi connectivity index (χ3v) is 15.7. The Morgan fingerprint density at radius 1 is 0.224 bits per heavy atom. The standard InChI is InChI=1S/C75H51N/c1-6-23-52(24-7-1)54-41-43-56(44-42-54)63-47-45-61(50-70(63)55-27-10-3-11-28-55)76(62-46-48-67-66-37-20-21-40-71(66)75(72(67)51-62,59-31-12-4-13-32-59)60-33-14-5-15-34-60)74-69-39-19-17-36-65(69)64-35-16-18-38-68(64)73(74)58-30-22-29-57(49-58)53-25-8-2-9-26-53/h1-51H. The Morgan fingerprint density at radius 3 is 1.29 bits per heavy atom. The van der Waals surface area contributed by atoms with E-state index in [-0.39, 0.29) is 0 Å². The summed E-state index contributed by atoms with van der Waals surface area (Å²) in [5.74, 6) is 0. The molecule has 76 heavy (non-hydrogen) atoms. The molecule has 1 aliphatic rings. The van der Waals surface area contributed by atoms with Crippen LogP contribution in [-0.2, 0) is 5.41 Å². The summed E-state index contributed by atoms with van der Waals surface area (Å²) in [5.41, 5.74) is 21.9. The molecule has 14 rings (SSSR count). The SMILES string of the molecule is c1ccc(-c2ccc(-c3ccc(N(c4ccc5c(c4)C(c4ccccc4)(c4ccccc4)c4ccccc4-5)c4c(-c5cccc(-c6ccccc6)c5)c5ccccc5c5ccccc45)cc3-c3ccccc3)cc2)cc1. The van der Waals surface area contributed by atoms with Crippen molar-refractivity contribution in [2.45, 2.75) is 5.41 Å². The third-order valence-electron chi connectivity index (χ3n) is 15.7. The number of benzene rings is 13. The van der Waals surface area contributed by atoms with E-state index in [1.54, 1.807) is 0 Å². The van der Waals surface area contributed by atoms with Crippen LogP contribution in [0.15, 0.2) is 309 Å². The maximum Gasteiger partial charge on any atom is 0.0714 e. The molecule has 0 amide bonds. The zero-order chi connectivity index (χ0) is 50.4. The van der Waals surface area contributed by atoms with E-state index in [0.717, 1.165) is 39.3 Å². The van der Waals surface area contributed by atoms with Crippen molar-refractivity contribution in [3.63, 3.8) is 0 Å². The second-order valence-corrected chi connectivity index (χ2v) is 19.9. The van der Waals surface area contributed by atoms with Crippen molar-refractivity contribution in [3.05, 3.63) is 332 Å². The lowest BCUT2D eigenvalue weighted by Crippen LogP contribution is -2.28. The van der Waals surface area contributed by atoms with Crippen molar-refractivity contribution >= 4 is 38.6 Å². The summed E-state index contributed by atoms with van der Waals surface area (Å²) in [6, 6.07) is 114. The van der Waals surface area contributed by atoms with Crippen LogP contribution >= 0.6 is 0 Å². The fourth-order valence-corrected chi connectivity index (χ4v) is 12.4. The maximum absolute atomic E-state index is 2.58. The van der Waals surface area contributed by atoms with Gasteiger partial charge in [0.15, 0.2) is 0 Å². The van der Waals surface area contributed by atoms with E-state index in [9.17, 15) is 0 Å². The van der Waals surface area contributed by atoms with Gasteiger partial charge in [0.2, 0.25) is 0 Å². The average molecular weight is 966 g/mol. The lowest BCUT2D eigenvalue weighted by molar-refractivity contribution is 0.768. The monoisotopic (exact) mass is 965 g/mol. The van der Waals surface area contributed by atoms with Crippen molar-refractivity contribution in [2.75, 3.05) is 4.90 Å². The molecular weight excluding hydrogens is 915 g/mol. The highest BCUT2D eigenvalue weighted by atomic mass is 15.1. The Morgan fingerprint density at radius 2 is 0.645 bits per heavy atom. The largest absolute Gasteiger partial charge is 0.309 e. The lowest BCUT2D eigenvalue weighted by atomic mass is 9.67. The van der Waals surface area contributed by atoms with Crippen LogP contribution < -0.4 is 4.90 Å². The zero-order valence-electron chi connectivity index (χ0n) is 41.9. The zero-order valence-corrected chi connectivity index (χ0v) is 41.9. The minimum Gasteiger partial charge on any atom is -0.309 e. The molecule has 1 nitrogen and oxygen atoms in total. The number of rotatable bonds is 10. The number of hydrogen-bond acceptors (Lipinski definition) is 1. The summed E-state index contributed by atoms with van der Waals surface area (Å²) in [7, 11) is 0. The van der Waals surface area contributed by atoms with Crippen LogP contribution in [0.4, 0.5) is 17.1 Å². The molecular formula is C75H51N. The molecule has 1 aliphatic carbocycles. The highest BCUT2D eigenvalue weighted by molar-refractivity contribution is 6.22. The van der Waals surface area contributed by atoms with Crippen molar-refractivity contribution in [3.8, 4) is 66.8 Å². The molecule has 0 heterocycles. The summed E-state index contributed by atoms with van der Waals surface area (Å²) in [5, 5.41) is 4.79. The molecule has 0 radical (unpaired) electrons. The quantitative estimate of drug-likeness (QED) is 0.123. The van der Waals surface area contributed by atoms with Gasteiger partial charge in [-0.25, -0.2) is 0 Å². The molecule has 0 aromatic heterocycles. The Kier molecular flexibility index (Phi) is 11.2. The molecule has 1 heteroatoms. The van der Waals surface area contributed by atoms with Gasteiger partial charge >= 0.3 is 0 Å². The number of nitrogens with zero attached hydrogens (tertiary/aromatic N) is 1. The first kappa shape index (κ1) is 44.8. The van der Waals surface area contributed by atoms with Gasteiger partial charge in [0.25, 0.3) is 0 Å². The topological polar surface area (TPSA) is 3.24 Å². The normalized spacial score (nSPS) is 12.3. The summed E-state index contributed by atoms with van der Waals surface area (Å²) < 4.78 is 0. The van der Waals surface area contributed by atoms with Crippen molar-refractivity contribution in [2.24, 2.45) is 0 Å². The van der Waals surface area contributed by atoms with Crippen LogP contribution in [0.3, 0.4) is 0 Å². The van der Waals surface area contributed by atoms with E-state index in [1.165, 1.54) is 88.3 Å². The van der Waals surface area contributed by atoms with Crippen LogP contribution in [0, 0.1) is 0 Å². The Balaban J connectivity index is 1.09. The number of anilines is 3. The summed E-state index contributed by atoms with van der Waals surface area (Å²) in [6.45, 7) is 0. The van der Waals surface area contributed by atoms with Crippen LogP contribution in [0.2, 0.25) is 0 Å². The smallest absolute Gasteiger partial charge is 0.0714 e. The van der Waals surface area contributed by atoms with Crippen LogP contribution in [0.5, 0.6) is 0 Å². The lowest BCUT2D eigenvalue weighted by Gasteiger charge is -2.35. The summed E-state index contributed by atoms with van der Waals surface area (Å²) in [6.07, 6.45) is 0. The number of hydrogen-bond donors (Lipinski definition) is 0. The molecule has 356 valence electrons. The molecule has 0 aliphatic heterocycles. The van der Waals surface area contributed by atoms with Gasteiger partial charge in [-0.1, -0.05) is 279 Å². The summed E-state index contributed by atoms with van der Waals surface area (Å²) >= 11 is 0. The van der Waals surface area contributed by atoms with Gasteiger partial charge < -0.3 is 4.90 Å². The minimum atomic E-state index is -0.598. The molecule has 0 atom stereocenters. The molecule has 0 fully saturated rings. The summed E-state index contributed by atoms with van der Waals surface area (Å²) in [4.78, 5) is 2.58. The highest BCUT2D eigenvalue weighted by Gasteiger charge is 2.46. The van der Waals surface area contributed by atoms with Crippen LogP contribution in [0.1, 0.15) is 22.3 Å². The Hall–Kier alpha value is -9.82. The van der Waals surface area contributed by atoms with Crippen molar-refractivity contribution < 1.29 is 0 Å². The van der Waals surface area contributed by atoms with E-state index < -0.39 is 5.41 Å². The fraction of sp³-hybridized carbons (Fsp3) is 0.0133. The average Bonchev–Trinajstić information content (AvgIpc) is 4.02. The first-order valence-corrected chi connectivity index (χ1v) is 26.3. The van der Waals surface area contributed by atoms with Crippen molar-refractivity contribution in [1.29, 1.82) is 0 Å². The van der Waals surface area contributed by atoms with E-state index >= 15 is 0 Å². The van der Waals surface area contributed by atoms with Gasteiger partial charge in [0, 0.05) is 22.3 Å². The van der Waals surface area contributed by atoms with Gasteiger partial charge in [-0.05, 0) is 130 Å². The molecule has 0 saturated heterocycles.